The van der Waals surface area contributed by atoms with Gasteiger partial charge in [-0.1, -0.05) is 6.92 Å². The summed E-state index contributed by atoms with van der Waals surface area (Å²) in [4.78, 5) is 1.51. The predicted octanol–water partition coefficient (Wildman–Crippen LogP) is 4.08. The van der Waals surface area contributed by atoms with E-state index in [4.69, 9.17) is 0 Å². The molecule has 0 aliphatic heterocycles. The molecule has 1 heterocycles. The van der Waals surface area contributed by atoms with E-state index >= 15 is 0 Å². The van der Waals surface area contributed by atoms with Crippen molar-refractivity contribution in [2.75, 3.05) is 7.05 Å². The van der Waals surface area contributed by atoms with Crippen molar-refractivity contribution in [1.29, 1.82) is 0 Å². The molecular formula is C13H20BrNS. The first kappa shape index (κ1) is 12.6. The molecule has 3 atom stereocenters. The van der Waals surface area contributed by atoms with Gasteiger partial charge in [0, 0.05) is 15.4 Å². The first-order chi connectivity index (χ1) is 7.70. The molecule has 0 amide bonds. The second-order valence-electron chi connectivity index (χ2n) is 4.97. The van der Waals surface area contributed by atoms with Gasteiger partial charge in [0.2, 0.25) is 0 Å². The molecule has 3 unspecified atom stereocenters. The van der Waals surface area contributed by atoms with Crippen LogP contribution in [0.25, 0.3) is 0 Å². The zero-order chi connectivity index (χ0) is 11.5. The minimum Gasteiger partial charge on any atom is -0.317 e. The highest BCUT2D eigenvalue weighted by Crippen LogP contribution is 2.34. The first-order valence-corrected chi connectivity index (χ1v) is 7.77. The van der Waals surface area contributed by atoms with E-state index in [0.29, 0.717) is 6.04 Å². The Hall–Kier alpha value is 0.140. The highest BCUT2D eigenvalue weighted by molar-refractivity contribution is 9.10. The molecule has 1 aromatic rings. The molecule has 1 fully saturated rings. The molecular weight excluding hydrogens is 282 g/mol. The fraction of sp³-hybridized carbons (Fsp3) is 0.692. The fourth-order valence-electron chi connectivity index (χ4n) is 2.81. The highest BCUT2D eigenvalue weighted by atomic mass is 79.9. The molecule has 2 rings (SSSR count). The van der Waals surface area contributed by atoms with Gasteiger partial charge in [-0.25, -0.2) is 0 Å². The van der Waals surface area contributed by atoms with Crippen LogP contribution in [0.4, 0.5) is 0 Å². The second-order valence-corrected chi connectivity index (χ2v) is 6.82. The van der Waals surface area contributed by atoms with E-state index in [1.807, 2.05) is 11.3 Å². The maximum atomic E-state index is 3.64. The van der Waals surface area contributed by atoms with Gasteiger partial charge in [-0.15, -0.1) is 11.3 Å². The van der Waals surface area contributed by atoms with Gasteiger partial charge in [0.15, 0.2) is 0 Å². The zero-order valence-corrected chi connectivity index (χ0v) is 12.4. The lowest BCUT2D eigenvalue weighted by Crippen LogP contribution is -2.39. The zero-order valence-electron chi connectivity index (χ0n) is 10.0. The van der Waals surface area contributed by atoms with Crippen molar-refractivity contribution in [3.05, 3.63) is 20.8 Å². The molecule has 0 saturated heterocycles. The number of hydrogen-bond acceptors (Lipinski definition) is 2. The van der Waals surface area contributed by atoms with Gasteiger partial charge >= 0.3 is 0 Å². The lowest BCUT2D eigenvalue weighted by atomic mass is 9.77. The van der Waals surface area contributed by atoms with Crippen molar-refractivity contribution in [2.45, 2.75) is 38.6 Å². The number of halogens is 1. The fourth-order valence-corrected chi connectivity index (χ4v) is 4.42. The summed E-state index contributed by atoms with van der Waals surface area (Å²) in [6.07, 6.45) is 5.32. The molecule has 1 aliphatic carbocycles. The molecule has 1 saturated carbocycles. The maximum Gasteiger partial charge on any atom is 0.0314 e. The van der Waals surface area contributed by atoms with Gasteiger partial charge in [0.05, 0.1) is 0 Å². The Morgan fingerprint density at radius 3 is 2.94 bits per heavy atom. The van der Waals surface area contributed by atoms with Crippen molar-refractivity contribution >= 4 is 27.3 Å². The smallest absolute Gasteiger partial charge is 0.0314 e. The Bertz CT molecular complexity index is 336. The van der Waals surface area contributed by atoms with Crippen LogP contribution in [0, 0.1) is 11.8 Å². The van der Waals surface area contributed by atoms with Crippen LogP contribution >= 0.6 is 27.3 Å². The topological polar surface area (TPSA) is 12.0 Å². The molecule has 0 radical (unpaired) electrons. The predicted molar refractivity (Wildman–Crippen MR) is 75.1 cm³/mol. The van der Waals surface area contributed by atoms with Gasteiger partial charge in [-0.3, -0.25) is 0 Å². The van der Waals surface area contributed by atoms with Crippen molar-refractivity contribution in [1.82, 2.24) is 5.32 Å². The van der Waals surface area contributed by atoms with E-state index in [0.717, 1.165) is 11.8 Å². The van der Waals surface area contributed by atoms with Crippen molar-refractivity contribution in [3.8, 4) is 0 Å². The van der Waals surface area contributed by atoms with Crippen LogP contribution in [-0.4, -0.2) is 13.1 Å². The second kappa shape index (κ2) is 5.65. The van der Waals surface area contributed by atoms with Gasteiger partial charge in [0.25, 0.3) is 0 Å². The number of nitrogens with one attached hydrogen (secondary N) is 1. The molecule has 0 bridgehead atoms. The van der Waals surface area contributed by atoms with Crippen LogP contribution in [0.5, 0.6) is 0 Å². The lowest BCUT2D eigenvalue weighted by molar-refractivity contribution is 0.221. The van der Waals surface area contributed by atoms with E-state index < -0.39 is 0 Å². The van der Waals surface area contributed by atoms with Crippen molar-refractivity contribution in [2.24, 2.45) is 11.8 Å². The summed E-state index contributed by atoms with van der Waals surface area (Å²) in [6.45, 7) is 2.39. The Labute approximate surface area is 111 Å². The summed E-state index contributed by atoms with van der Waals surface area (Å²) in [5.74, 6) is 1.71. The van der Waals surface area contributed by atoms with Crippen LogP contribution in [0.15, 0.2) is 15.9 Å². The van der Waals surface area contributed by atoms with Gasteiger partial charge < -0.3 is 5.32 Å². The maximum absolute atomic E-state index is 3.64. The third-order valence-electron chi connectivity index (χ3n) is 3.75. The lowest BCUT2D eigenvalue weighted by Gasteiger charge is -2.34. The molecule has 16 heavy (non-hydrogen) atoms. The van der Waals surface area contributed by atoms with Crippen LogP contribution in [0.3, 0.4) is 0 Å². The van der Waals surface area contributed by atoms with Crippen LogP contribution in [-0.2, 0) is 6.42 Å². The van der Waals surface area contributed by atoms with E-state index in [-0.39, 0.29) is 0 Å². The summed E-state index contributed by atoms with van der Waals surface area (Å²) in [5, 5.41) is 5.68. The molecule has 1 aromatic heterocycles. The standard InChI is InChI=1S/C13H20BrNS/c1-9-3-4-12(15-2)10(7-9)8-13-11(14)5-6-16-13/h5-6,9-10,12,15H,3-4,7-8H2,1-2H3. The molecule has 0 aromatic carbocycles. The molecule has 1 nitrogen and oxygen atoms in total. The minimum absolute atomic E-state index is 0.713. The largest absolute Gasteiger partial charge is 0.317 e. The average molecular weight is 302 g/mol. The van der Waals surface area contributed by atoms with Crippen LogP contribution < -0.4 is 5.32 Å². The molecule has 3 heteroatoms. The summed E-state index contributed by atoms with van der Waals surface area (Å²) < 4.78 is 1.30. The number of hydrogen-bond donors (Lipinski definition) is 1. The Kier molecular flexibility index (Phi) is 4.45. The van der Waals surface area contributed by atoms with E-state index in [1.54, 1.807) is 0 Å². The average Bonchev–Trinajstić information content (AvgIpc) is 2.65. The Balaban J connectivity index is 2.03. The Morgan fingerprint density at radius 2 is 2.31 bits per heavy atom. The monoisotopic (exact) mass is 301 g/mol. The van der Waals surface area contributed by atoms with E-state index in [9.17, 15) is 0 Å². The van der Waals surface area contributed by atoms with E-state index in [1.165, 1.54) is 35.0 Å². The number of thiophene rings is 1. The third kappa shape index (κ3) is 2.88. The summed E-state index contributed by atoms with van der Waals surface area (Å²) in [5.41, 5.74) is 0. The molecule has 0 spiro atoms. The van der Waals surface area contributed by atoms with Crippen molar-refractivity contribution < 1.29 is 0 Å². The van der Waals surface area contributed by atoms with Crippen molar-refractivity contribution in [3.63, 3.8) is 0 Å². The van der Waals surface area contributed by atoms with Crippen LogP contribution in [0.1, 0.15) is 31.1 Å². The summed E-state index contributed by atoms with van der Waals surface area (Å²) >= 11 is 5.52. The van der Waals surface area contributed by atoms with Gasteiger partial charge in [-0.05, 0) is 71.9 Å². The highest BCUT2D eigenvalue weighted by Gasteiger charge is 2.28. The van der Waals surface area contributed by atoms with Gasteiger partial charge in [0.1, 0.15) is 0 Å². The van der Waals surface area contributed by atoms with E-state index in [2.05, 4.69) is 46.7 Å². The van der Waals surface area contributed by atoms with Gasteiger partial charge in [-0.2, -0.15) is 0 Å². The number of rotatable bonds is 3. The molecule has 90 valence electrons. The summed E-state index contributed by atoms with van der Waals surface area (Å²) in [7, 11) is 2.11. The molecule has 1 aliphatic rings. The normalized spacial score (nSPS) is 30.6. The SMILES string of the molecule is CNC1CCC(C)CC1Cc1sccc1Br. The quantitative estimate of drug-likeness (QED) is 0.887. The minimum atomic E-state index is 0.713. The van der Waals surface area contributed by atoms with Crippen LogP contribution in [0.2, 0.25) is 0 Å². The Morgan fingerprint density at radius 1 is 1.50 bits per heavy atom. The molecule has 1 N–H and O–H groups in total. The first-order valence-electron chi connectivity index (χ1n) is 6.09. The summed E-state index contributed by atoms with van der Waals surface area (Å²) in [6, 6.07) is 2.88. The third-order valence-corrected chi connectivity index (χ3v) is 5.70.